The summed E-state index contributed by atoms with van der Waals surface area (Å²) in [6.45, 7) is 1.73. The monoisotopic (exact) mass is 281 g/mol. The molecule has 0 atom stereocenters. The zero-order valence-corrected chi connectivity index (χ0v) is 11.2. The number of nitrogens with one attached hydrogen (secondary N) is 1. The highest BCUT2D eigenvalue weighted by Gasteiger charge is 2.13. The number of rotatable bonds is 2. The van der Waals surface area contributed by atoms with E-state index in [0.29, 0.717) is 22.5 Å². The molecule has 0 unspecified atom stereocenters. The molecule has 0 amide bonds. The minimum atomic E-state index is -0.709. The van der Waals surface area contributed by atoms with Crippen molar-refractivity contribution in [2.75, 3.05) is 0 Å². The number of esters is 1. The zero-order valence-electron chi connectivity index (χ0n) is 11.2. The molecular formula is C15H11N3O3. The van der Waals surface area contributed by atoms with E-state index in [4.69, 9.17) is 4.74 Å². The summed E-state index contributed by atoms with van der Waals surface area (Å²) >= 11 is 0. The first-order chi connectivity index (χ1) is 10.1. The molecule has 2 heterocycles. The van der Waals surface area contributed by atoms with Crippen LogP contribution in [0.25, 0.3) is 11.0 Å². The second kappa shape index (κ2) is 5.16. The van der Waals surface area contributed by atoms with Gasteiger partial charge in [0.15, 0.2) is 5.43 Å². The summed E-state index contributed by atoms with van der Waals surface area (Å²) in [5, 5.41) is 0. The molecule has 6 heteroatoms. The fraction of sp³-hybridized carbons (Fsp3) is 0.0667. The van der Waals surface area contributed by atoms with Crippen LogP contribution in [-0.2, 0) is 0 Å². The molecule has 21 heavy (non-hydrogen) atoms. The Balaban J connectivity index is 1.90. The van der Waals surface area contributed by atoms with Crippen molar-refractivity contribution in [3.8, 4) is 5.75 Å². The Morgan fingerprint density at radius 2 is 1.90 bits per heavy atom. The van der Waals surface area contributed by atoms with Crippen LogP contribution in [0.1, 0.15) is 16.1 Å². The van der Waals surface area contributed by atoms with Gasteiger partial charge < -0.3 is 9.72 Å². The lowest BCUT2D eigenvalue weighted by molar-refractivity contribution is 0.0733. The van der Waals surface area contributed by atoms with Gasteiger partial charge in [-0.3, -0.25) is 14.8 Å². The maximum absolute atomic E-state index is 12.0. The van der Waals surface area contributed by atoms with Crippen molar-refractivity contribution in [2.24, 2.45) is 0 Å². The lowest BCUT2D eigenvalue weighted by Gasteiger charge is -2.05. The Labute approximate surface area is 119 Å². The summed E-state index contributed by atoms with van der Waals surface area (Å²) < 4.78 is 5.20. The molecule has 3 aromatic rings. The molecule has 0 saturated carbocycles. The molecule has 6 nitrogen and oxygen atoms in total. The van der Waals surface area contributed by atoms with Gasteiger partial charge in [0.2, 0.25) is 0 Å². The van der Waals surface area contributed by atoms with E-state index in [2.05, 4.69) is 15.0 Å². The number of aryl methyl sites for hydroxylation is 1. The van der Waals surface area contributed by atoms with Crippen LogP contribution < -0.4 is 10.2 Å². The van der Waals surface area contributed by atoms with E-state index < -0.39 is 5.97 Å². The molecule has 1 aromatic carbocycles. The third-order valence-electron chi connectivity index (χ3n) is 2.93. The number of carbonyl (C=O) groups is 1. The van der Waals surface area contributed by atoms with Crippen LogP contribution in [-0.4, -0.2) is 20.9 Å². The van der Waals surface area contributed by atoms with E-state index in [1.807, 2.05) is 0 Å². The van der Waals surface area contributed by atoms with Crippen molar-refractivity contribution >= 4 is 17.0 Å². The van der Waals surface area contributed by atoms with Gasteiger partial charge >= 0.3 is 5.97 Å². The summed E-state index contributed by atoms with van der Waals surface area (Å²) in [6.07, 6.45) is 4.49. The Morgan fingerprint density at radius 1 is 1.14 bits per heavy atom. The van der Waals surface area contributed by atoms with Crippen LogP contribution in [0, 0.1) is 6.92 Å². The Morgan fingerprint density at radius 3 is 2.67 bits per heavy atom. The van der Waals surface area contributed by atoms with Crippen molar-refractivity contribution in [1.29, 1.82) is 0 Å². The molecule has 1 N–H and O–H groups in total. The SMILES string of the molecule is Cc1cc(=O)c(C(=O)Oc2ccc3nccnc3c2)c[nH]1. The van der Waals surface area contributed by atoms with Gasteiger partial charge in [0.05, 0.1) is 11.0 Å². The molecule has 0 aliphatic carbocycles. The Bertz CT molecular complexity index is 886. The van der Waals surface area contributed by atoms with Gasteiger partial charge in [-0.25, -0.2) is 4.79 Å². The molecule has 0 fully saturated rings. The number of fused-ring (bicyclic) bond motifs is 1. The Hall–Kier alpha value is -3.02. The fourth-order valence-electron chi connectivity index (χ4n) is 1.90. The summed E-state index contributed by atoms with van der Waals surface area (Å²) in [5.74, 6) is -0.396. The average Bonchev–Trinajstić information content (AvgIpc) is 2.47. The predicted molar refractivity (Wildman–Crippen MR) is 76.3 cm³/mol. The van der Waals surface area contributed by atoms with E-state index in [1.54, 1.807) is 37.5 Å². The summed E-state index contributed by atoms with van der Waals surface area (Å²) in [7, 11) is 0. The number of benzene rings is 1. The second-order valence-electron chi connectivity index (χ2n) is 4.49. The van der Waals surface area contributed by atoms with Gasteiger partial charge in [-0.05, 0) is 19.1 Å². The highest BCUT2D eigenvalue weighted by atomic mass is 16.5. The van der Waals surface area contributed by atoms with E-state index in [-0.39, 0.29) is 11.0 Å². The maximum Gasteiger partial charge on any atom is 0.349 e. The summed E-state index contributed by atoms with van der Waals surface area (Å²) in [4.78, 5) is 34.8. The van der Waals surface area contributed by atoms with Crippen molar-refractivity contribution < 1.29 is 9.53 Å². The number of hydrogen-bond acceptors (Lipinski definition) is 5. The molecule has 0 saturated heterocycles. The lowest BCUT2D eigenvalue weighted by Crippen LogP contribution is -2.19. The van der Waals surface area contributed by atoms with Gasteiger partial charge in [0.25, 0.3) is 0 Å². The maximum atomic E-state index is 12.0. The number of hydrogen-bond donors (Lipinski definition) is 1. The third-order valence-corrected chi connectivity index (χ3v) is 2.93. The minimum Gasteiger partial charge on any atom is -0.423 e. The third kappa shape index (κ3) is 2.64. The number of aromatic amines is 1. The molecule has 104 valence electrons. The number of H-pyrrole nitrogens is 1. The molecule has 0 bridgehead atoms. The summed E-state index contributed by atoms with van der Waals surface area (Å²) in [6, 6.07) is 6.26. The number of pyridine rings is 1. The number of ether oxygens (including phenoxy) is 1. The lowest BCUT2D eigenvalue weighted by atomic mass is 10.2. The van der Waals surface area contributed by atoms with Gasteiger partial charge in [-0.1, -0.05) is 0 Å². The predicted octanol–water partition coefficient (Wildman–Crippen LogP) is 1.85. The zero-order chi connectivity index (χ0) is 14.8. The topological polar surface area (TPSA) is 84.9 Å². The van der Waals surface area contributed by atoms with Crippen LogP contribution in [0.3, 0.4) is 0 Å². The van der Waals surface area contributed by atoms with E-state index >= 15 is 0 Å². The van der Waals surface area contributed by atoms with Crippen molar-refractivity contribution in [3.63, 3.8) is 0 Å². The second-order valence-corrected chi connectivity index (χ2v) is 4.49. The first-order valence-corrected chi connectivity index (χ1v) is 6.26. The van der Waals surface area contributed by atoms with Crippen LogP contribution in [0.4, 0.5) is 0 Å². The van der Waals surface area contributed by atoms with Crippen LogP contribution in [0.2, 0.25) is 0 Å². The molecule has 2 aromatic heterocycles. The highest BCUT2D eigenvalue weighted by Crippen LogP contribution is 2.17. The summed E-state index contributed by atoms with van der Waals surface area (Å²) in [5.41, 5.74) is 1.57. The molecule has 0 aliphatic rings. The van der Waals surface area contributed by atoms with E-state index in [9.17, 15) is 9.59 Å². The number of aromatic nitrogens is 3. The molecular weight excluding hydrogens is 270 g/mol. The largest absolute Gasteiger partial charge is 0.423 e. The van der Waals surface area contributed by atoms with Crippen LogP contribution >= 0.6 is 0 Å². The fourth-order valence-corrected chi connectivity index (χ4v) is 1.90. The highest BCUT2D eigenvalue weighted by molar-refractivity contribution is 5.91. The standard InChI is InChI=1S/C15H11N3O3/c1-9-6-14(19)11(8-18-9)15(20)21-10-2-3-12-13(7-10)17-5-4-16-12/h2-8H,1H3,(H,18,19). The van der Waals surface area contributed by atoms with Crippen molar-refractivity contribution in [2.45, 2.75) is 6.92 Å². The smallest absolute Gasteiger partial charge is 0.349 e. The van der Waals surface area contributed by atoms with Gasteiger partial charge in [-0.15, -0.1) is 0 Å². The quantitative estimate of drug-likeness (QED) is 0.572. The van der Waals surface area contributed by atoms with Crippen molar-refractivity contribution in [3.05, 3.63) is 64.3 Å². The average molecular weight is 281 g/mol. The van der Waals surface area contributed by atoms with Crippen LogP contribution in [0.15, 0.2) is 47.7 Å². The number of nitrogens with zero attached hydrogens (tertiary/aromatic N) is 2. The van der Waals surface area contributed by atoms with Crippen LogP contribution in [0.5, 0.6) is 5.75 Å². The van der Waals surface area contributed by atoms with E-state index in [0.717, 1.165) is 0 Å². The molecule has 0 aliphatic heterocycles. The molecule has 0 radical (unpaired) electrons. The molecule has 3 rings (SSSR count). The van der Waals surface area contributed by atoms with Crippen molar-refractivity contribution in [1.82, 2.24) is 15.0 Å². The Kier molecular flexibility index (Phi) is 3.19. The normalized spacial score (nSPS) is 10.5. The van der Waals surface area contributed by atoms with Gasteiger partial charge in [-0.2, -0.15) is 0 Å². The number of carbonyl (C=O) groups excluding carboxylic acids is 1. The molecule has 0 spiro atoms. The first kappa shape index (κ1) is 13.0. The first-order valence-electron chi connectivity index (χ1n) is 6.26. The van der Waals surface area contributed by atoms with Gasteiger partial charge in [0, 0.05) is 36.4 Å². The van der Waals surface area contributed by atoms with Gasteiger partial charge in [0.1, 0.15) is 11.3 Å². The van der Waals surface area contributed by atoms with E-state index in [1.165, 1.54) is 12.3 Å². The minimum absolute atomic E-state index is 0.0418.